The molecule has 3 heteroatoms. The van der Waals surface area contributed by atoms with Gasteiger partial charge in [0.1, 0.15) is 0 Å². The number of benzene rings is 1. The predicted octanol–water partition coefficient (Wildman–Crippen LogP) is 3.79. The first-order valence-corrected chi connectivity index (χ1v) is 7.12. The van der Waals surface area contributed by atoms with Crippen LogP contribution in [0, 0.1) is 0 Å². The molecule has 0 heterocycles. The van der Waals surface area contributed by atoms with Crippen molar-refractivity contribution in [2.75, 3.05) is 18.5 Å². The zero-order valence-electron chi connectivity index (χ0n) is 11.3. The Morgan fingerprint density at radius 1 is 1.35 bits per heavy atom. The summed E-state index contributed by atoms with van der Waals surface area (Å²) < 4.78 is 1.15. The number of rotatable bonds is 6. The van der Waals surface area contributed by atoms with Gasteiger partial charge in [-0.2, -0.15) is 0 Å². The van der Waals surface area contributed by atoms with Crippen LogP contribution in [0.4, 0.5) is 5.69 Å². The molecule has 0 aromatic heterocycles. The van der Waals surface area contributed by atoms with Crippen LogP contribution in [0.2, 0.25) is 0 Å². The minimum Gasteiger partial charge on any atom is -0.369 e. The summed E-state index contributed by atoms with van der Waals surface area (Å²) in [6.45, 7) is 8.70. The lowest BCUT2D eigenvalue weighted by Crippen LogP contribution is -2.33. The molecular weight excluding hydrogens is 276 g/mol. The third-order valence-electron chi connectivity index (χ3n) is 3.18. The Morgan fingerprint density at radius 3 is 2.59 bits per heavy atom. The quantitative estimate of drug-likeness (QED) is 0.859. The fraction of sp³-hybridized carbons (Fsp3) is 0.571. The Hall–Kier alpha value is -0.540. The maximum atomic E-state index is 3.55. The van der Waals surface area contributed by atoms with Crippen LogP contribution in [0.25, 0.3) is 0 Å². The Morgan fingerprint density at radius 2 is 2.06 bits per heavy atom. The van der Waals surface area contributed by atoms with Crippen LogP contribution in [0.5, 0.6) is 0 Å². The van der Waals surface area contributed by atoms with Crippen molar-refractivity contribution in [3.05, 3.63) is 28.2 Å². The highest BCUT2D eigenvalue weighted by Crippen LogP contribution is 2.26. The highest BCUT2D eigenvalue weighted by atomic mass is 79.9. The first kappa shape index (κ1) is 14.5. The standard InChI is InChI=1S/C14H23BrN2/c1-5-11(3)17(6-2)14-8-7-13(15)9-12(14)10-16-4/h7-9,11,16H,5-6,10H2,1-4H3. The van der Waals surface area contributed by atoms with Gasteiger partial charge in [-0.25, -0.2) is 0 Å². The van der Waals surface area contributed by atoms with Gasteiger partial charge in [-0.3, -0.25) is 0 Å². The second kappa shape index (κ2) is 7.02. The fourth-order valence-electron chi connectivity index (χ4n) is 2.11. The van der Waals surface area contributed by atoms with E-state index in [1.165, 1.54) is 17.7 Å². The smallest absolute Gasteiger partial charge is 0.0414 e. The lowest BCUT2D eigenvalue weighted by molar-refractivity contribution is 0.625. The third kappa shape index (κ3) is 3.71. The first-order chi connectivity index (χ1) is 8.13. The van der Waals surface area contributed by atoms with Crippen molar-refractivity contribution in [3.63, 3.8) is 0 Å². The van der Waals surface area contributed by atoms with Gasteiger partial charge in [0.05, 0.1) is 0 Å². The van der Waals surface area contributed by atoms with E-state index in [9.17, 15) is 0 Å². The monoisotopic (exact) mass is 298 g/mol. The minimum atomic E-state index is 0.580. The SMILES string of the molecule is CCC(C)N(CC)c1ccc(Br)cc1CNC. The molecule has 17 heavy (non-hydrogen) atoms. The second-order valence-electron chi connectivity index (χ2n) is 4.35. The third-order valence-corrected chi connectivity index (χ3v) is 3.68. The van der Waals surface area contributed by atoms with E-state index in [-0.39, 0.29) is 0 Å². The molecule has 0 saturated carbocycles. The van der Waals surface area contributed by atoms with Crippen LogP contribution in [-0.4, -0.2) is 19.6 Å². The van der Waals surface area contributed by atoms with E-state index >= 15 is 0 Å². The summed E-state index contributed by atoms with van der Waals surface area (Å²) in [5.41, 5.74) is 2.70. The summed E-state index contributed by atoms with van der Waals surface area (Å²) in [5, 5.41) is 3.24. The van der Waals surface area contributed by atoms with Gasteiger partial charge in [0.25, 0.3) is 0 Å². The molecule has 1 aromatic rings. The van der Waals surface area contributed by atoms with Crippen molar-refractivity contribution >= 4 is 21.6 Å². The fourth-order valence-corrected chi connectivity index (χ4v) is 2.51. The van der Waals surface area contributed by atoms with E-state index in [0.29, 0.717) is 6.04 Å². The summed E-state index contributed by atoms with van der Waals surface area (Å²) in [6.07, 6.45) is 1.17. The van der Waals surface area contributed by atoms with Crippen molar-refractivity contribution in [3.8, 4) is 0 Å². The zero-order chi connectivity index (χ0) is 12.8. The molecule has 0 radical (unpaired) electrons. The molecule has 0 amide bonds. The van der Waals surface area contributed by atoms with Gasteiger partial charge < -0.3 is 10.2 Å². The molecule has 1 N–H and O–H groups in total. The Balaban J connectivity index is 3.08. The average Bonchev–Trinajstić information content (AvgIpc) is 2.32. The van der Waals surface area contributed by atoms with Crippen molar-refractivity contribution in [1.82, 2.24) is 5.32 Å². The van der Waals surface area contributed by atoms with Gasteiger partial charge in [0.2, 0.25) is 0 Å². The Kier molecular flexibility index (Phi) is 6.00. The molecule has 0 bridgehead atoms. The zero-order valence-corrected chi connectivity index (χ0v) is 12.8. The number of hydrogen-bond donors (Lipinski definition) is 1. The molecule has 1 unspecified atom stereocenters. The molecule has 96 valence electrons. The first-order valence-electron chi connectivity index (χ1n) is 6.33. The summed E-state index contributed by atoms with van der Waals surface area (Å²) in [6, 6.07) is 7.12. The topological polar surface area (TPSA) is 15.3 Å². The van der Waals surface area contributed by atoms with E-state index in [1.54, 1.807) is 0 Å². The molecule has 1 atom stereocenters. The van der Waals surface area contributed by atoms with Gasteiger partial charge in [0.15, 0.2) is 0 Å². The number of nitrogens with zero attached hydrogens (tertiary/aromatic N) is 1. The van der Waals surface area contributed by atoms with Crippen molar-refractivity contribution < 1.29 is 0 Å². The number of hydrogen-bond acceptors (Lipinski definition) is 2. The summed E-state index contributed by atoms with van der Waals surface area (Å²) in [7, 11) is 1.99. The average molecular weight is 299 g/mol. The van der Waals surface area contributed by atoms with E-state index in [4.69, 9.17) is 0 Å². The molecule has 1 aromatic carbocycles. The van der Waals surface area contributed by atoms with Crippen molar-refractivity contribution in [2.24, 2.45) is 0 Å². The number of halogens is 1. The van der Waals surface area contributed by atoms with Crippen LogP contribution >= 0.6 is 15.9 Å². The molecule has 0 fully saturated rings. The van der Waals surface area contributed by atoms with Crippen LogP contribution in [0.15, 0.2) is 22.7 Å². The van der Waals surface area contributed by atoms with Crippen molar-refractivity contribution in [1.29, 1.82) is 0 Å². The lowest BCUT2D eigenvalue weighted by atomic mass is 10.1. The highest BCUT2D eigenvalue weighted by molar-refractivity contribution is 9.10. The van der Waals surface area contributed by atoms with Gasteiger partial charge >= 0.3 is 0 Å². The predicted molar refractivity (Wildman–Crippen MR) is 79.7 cm³/mol. The van der Waals surface area contributed by atoms with E-state index in [1.807, 2.05) is 7.05 Å². The molecule has 0 spiro atoms. The maximum Gasteiger partial charge on any atom is 0.0414 e. The van der Waals surface area contributed by atoms with Gasteiger partial charge in [-0.15, -0.1) is 0 Å². The van der Waals surface area contributed by atoms with E-state index in [2.05, 4.69) is 65.1 Å². The van der Waals surface area contributed by atoms with Crippen LogP contribution in [-0.2, 0) is 6.54 Å². The van der Waals surface area contributed by atoms with E-state index in [0.717, 1.165) is 17.6 Å². The van der Waals surface area contributed by atoms with Crippen LogP contribution in [0.1, 0.15) is 32.8 Å². The van der Waals surface area contributed by atoms with Gasteiger partial charge in [-0.05, 0) is 51.1 Å². The minimum absolute atomic E-state index is 0.580. The molecule has 0 aliphatic carbocycles. The summed E-state index contributed by atoms with van der Waals surface area (Å²) in [4.78, 5) is 2.47. The molecule has 0 aliphatic heterocycles. The molecule has 0 saturated heterocycles. The number of nitrogens with one attached hydrogen (secondary N) is 1. The van der Waals surface area contributed by atoms with Crippen LogP contribution in [0.3, 0.4) is 0 Å². The van der Waals surface area contributed by atoms with Gasteiger partial charge in [-0.1, -0.05) is 22.9 Å². The van der Waals surface area contributed by atoms with Crippen molar-refractivity contribution in [2.45, 2.75) is 39.8 Å². The lowest BCUT2D eigenvalue weighted by Gasteiger charge is -2.31. The van der Waals surface area contributed by atoms with E-state index < -0.39 is 0 Å². The second-order valence-corrected chi connectivity index (χ2v) is 5.26. The summed E-state index contributed by atoms with van der Waals surface area (Å²) >= 11 is 3.55. The van der Waals surface area contributed by atoms with Gasteiger partial charge in [0, 0.05) is 29.3 Å². The summed E-state index contributed by atoms with van der Waals surface area (Å²) in [5.74, 6) is 0. The number of anilines is 1. The Labute approximate surface area is 114 Å². The highest BCUT2D eigenvalue weighted by Gasteiger charge is 2.14. The maximum absolute atomic E-state index is 3.55. The van der Waals surface area contributed by atoms with Crippen LogP contribution < -0.4 is 10.2 Å². The largest absolute Gasteiger partial charge is 0.369 e. The molecule has 1 rings (SSSR count). The molecule has 0 aliphatic rings. The molecule has 2 nitrogen and oxygen atoms in total. The normalized spacial score (nSPS) is 12.5. The Bertz CT molecular complexity index is 352. The molecular formula is C14H23BrN2.